The van der Waals surface area contributed by atoms with Crippen LogP contribution in [0.2, 0.25) is 0 Å². The SMILES string of the molecule is CN(C(=O)Nc1nc(C2CC2)cs1)C1CCCN(c2ccccc2)C1=O. The fourth-order valence-corrected chi connectivity index (χ4v) is 4.09. The Hall–Kier alpha value is -2.41. The summed E-state index contributed by atoms with van der Waals surface area (Å²) in [5.41, 5.74) is 1.95. The zero-order valence-electron chi connectivity index (χ0n) is 14.7. The normalized spacial score (nSPS) is 20.1. The number of thiazole rings is 1. The van der Waals surface area contributed by atoms with Crippen molar-refractivity contribution < 1.29 is 9.59 Å². The van der Waals surface area contributed by atoms with Gasteiger partial charge in [0.05, 0.1) is 5.69 Å². The van der Waals surface area contributed by atoms with Crippen LogP contribution in [0, 0.1) is 0 Å². The van der Waals surface area contributed by atoms with Gasteiger partial charge in [0.25, 0.3) is 0 Å². The number of rotatable bonds is 4. The molecule has 7 heteroatoms. The third-order valence-corrected chi connectivity index (χ3v) is 5.77. The molecule has 6 nitrogen and oxygen atoms in total. The van der Waals surface area contributed by atoms with Crippen LogP contribution in [0.15, 0.2) is 35.7 Å². The molecule has 1 saturated carbocycles. The summed E-state index contributed by atoms with van der Waals surface area (Å²) in [5, 5.41) is 5.45. The van der Waals surface area contributed by atoms with Crippen LogP contribution in [0.5, 0.6) is 0 Å². The Bertz CT molecular complexity index is 803. The average Bonchev–Trinajstić information content (AvgIpc) is 3.41. The summed E-state index contributed by atoms with van der Waals surface area (Å²) in [6.07, 6.45) is 3.91. The molecule has 2 aromatic rings. The smallest absolute Gasteiger partial charge is 0.315 e. The standard InChI is InChI=1S/C19H22N4O2S/c1-22(19(25)21-18-20-15(12-26-18)13-9-10-13)16-8-5-11-23(17(16)24)14-6-3-2-4-7-14/h2-4,6-7,12-13,16H,5,8-11H2,1H3,(H,20,21,25). The molecule has 4 rings (SSSR count). The Morgan fingerprint density at radius 1 is 1.27 bits per heavy atom. The zero-order valence-corrected chi connectivity index (χ0v) is 15.5. The van der Waals surface area contributed by atoms with Gasteiger partial charge in [-0.05, 0) is 37.8 Å². The highest BCUT2D eigenvalue weighted by molar-refractivity contribution is 7.13. The minimum absolute atomic E-state index is 0.0297. The van der Waals surface area contributed by atoms with Crippen LogP contribution in [0.3, 0.4) is 0 Å². The number of piperidine rings is 1. The summed E-state index contributed by atoms with van der Waals surface area (Å²) < 4.78 is 0. The number of carbonyl (C=O) groups is 2. The van der Waals surface area contributed by atoms with E-state index in [9.17, 15) is 9.59 Å². The fraction of sp³-hybridized carbons (Fsp3) is 0.421. The van der Waals surface area contributed by atoms with Gasteiger partial charge in [-0.3, -0.25) is 10.1 Å². The number of para-hydroxylation sites is 1. The van der Waals surface area contributed by atoms with Crippen molar-refractivity contribution in [1.29, 1.82) is 0 Å². The second-order valence-electron chi connectivity index (χ2n) is 6.88. The summed E-state index contributed by atoms with van der Waals surface area (Å²) in [6, 6.07) is 8.89. The number of amides is 3. The van der Waals surface area contributed by atoms with Crippen molar-refractivity contribution in [2.75, 3.05) is 23.8 Å². The summed E-state index contributed by atoms with van der Waals surface area (Å²) in [5.74, 6) is 0.534. The first-order valence-corrected chi connectivity index (χ1v) is 9.87. The van der Waals surface area contributed by atoms with Crippen molar-refractivity contribution in [2.45, 2.75) is 37.6 Å². The zero-order chi connectivity index (χ0) is 18.1. The number of aromatic nitrogens is 1. The molecule has 2 fully saturated rings. The molecular weight excluding hydrogens is 348 g/mol. The Labute approximate surface area is 156 Å². The molecule has 3 amide bonds. The summed E-state index contributed by atoms with van der Waals surface area (Å²) in [6.45, 7) is 0.687. The van der Waals surface area contributed by atoms with Gasteiger partial charge >= 0.3 is 6.03 Å². The van der Waals surface area contributed by atoms with Crippen molar-refractivity contribution in [2.24, 2.45) is 0 Å². The number of nitrogens with one attached hydrogen (secondary N) is 1. The van der Waals surface area contributed by atoms with Crippen LogP contribution >= 0.6 is 11.3 Å². The molecular formula is C19H22N4O2S. The molecule has 136 valence electrons. The molecule has 26 heavy (non-hydrogen) atoms. The molecule has 0 bridgehead atoms. The Morgan fingerprint density at radius 3 is 2.77 bits per heavy atom. The molecule has 1 unspecified atom stereocenters. The van der Waals surface area contributed by atoms with Gasteiger partial charge in [-0.15, -0.1) is 11.3 Å². The van der Waals surface area contributed by atoms with Crippen molar-refractivity contribution in [1.82, 2.24) is 9.88 Å². The third-order valence-electron chi connectivity index (χ3n) is 5.00. The third kappa shape index (κ3) is 3.44. The number of carbonyl (C=O) groups excluding carboxylic acids is 2. The number of hydrogen-bond donors (Lipinski definition) is 1. The maximum Gasteiger partial charge on any atom is 0.324 e. The van der Waals surface area contributed by atoms with Gasteiger partial charge in [-0.25, -0.2) is 9.78 Å². The molecule has 1 aromatic carbocycles. The maximum absolute atomic E-state index is 12.9. The minimum Gasteiger partial charge on any atom is -0.315 e. The molecule has 1 aromatic heterocycles. The van der Waals surface area contributed by atoms with Gasteiger partial charge in [0.15, 0.2) is 5.13 Å². The molecule has 1 saturated heterocycles. The lowest BCUT2D eigenvalue weighted by Gasteiger charge is -2.36. The van der Waals surface area contributed by atoms with Crippen LogP contribution in [0.4, 0.5) is 15.6 Å². The van der Waals surface area contributed by atoms with E-state index in [1.165, 1.54) is 29.1 Å². The van der Waals surface area contributed by atoms with Gasteiger partial charge in [0.2, 0.25) is 5.91 Å². The lowest BCUT2D eigenvalue weighted by Crippen LogP contribution is -2.53. The number of anilines is 2. The molecule has 0 radical (unpaired) electrons. The Balaban J connectivity index is 1.43. The predicted molar refractivity (Wildman–Crippen MR) is 103 cm³/mol. The molecule has 1 N–H and O–H groups in total. The highest BCUT2D eigenvalue weighted by atomic mass is 32.1. The van der Waals surface area contributed by atoms with Gasteiger partial charge in [0, 0.05) is 30.6 Å². The summed E-state index contributed by atoms with van der Waals surface area (Å²) >= 11 is 1.44. The number of likely N-dealkylation sites (N-methyl/N-ethyl adjacent to an activating group) is 1. The van der Waals surface area contributed by atoms with E-state index < -0.39 is 6.04 Å². The van der Waals surface area contributed by atoms with Crippen molar-refractivity contribution >= 4 is 34.1 Å². The molecule has 1 aliphatic heterocycles. The summed E-state index contributed by atoms with van der Waals surface area (Å²) in [7, 11) is 1.68. The van der Waals surface area contributed by atoms with Crippen molar-refractivity contribution in [3.8, 4) is 0 Å². The number of nitrogens with zero attached hydrogens (tertiary/aromatic N) is 3. The van der Waals surface area contributed by atoms with E-state index in [1.807, 2.05) is 35.7 Å². The lowest BCUT2D eigenvalue weighted by molar-refractivity contribution is -0.123. The number of hydrogen-bond acceptors (Lipinski definition) is 4. The van der Waals surface area contributed by atoms with Crippen LogP contribution in [0.1, 0.15) is 37.3 Å². The van der Waals surface area contributed by atoms with E-state index in [0.717, 1.165) is 17.8 Å². The first-order valence-electron chi connectivity index (χ1n) is 8.99. The highest BCUT2D eigenvalue weighted by Gasteiger charge is 2.35. The number of benzene rings is 1. The van der Waals surface area contributed by atoms with Gasteiger partial charge in [-0.1, -0.05) is 18.2 Å². The molecule has 2 aliphatic rings. The van der Waals surface area contributed by atoms with E-state index in [4.69, 9.17) is 0 Å². The topological polar surface area (TPSA) is 65.5 Å². The monoisotopic (exact) mass is 370 g/mol. The number of urea groups is 1. The van der Waals surface area contributed by atoms with E-state index in [0.29, 0.717) is 24.0 Å². The largest absolute Gasteiger partial charge is 0.324 e. The van der Waals surface area contributed by atoms with Gasteiger partial charge in [0.1, 0.15) is 6.04 Å². The predicted octanol–water partition coefficient (Wildman–Crippen LogP) is 3.68. The van der Waals surface area contributed by atoms with E-state index in [-0.39, 0.29) is 11.9 Å². The van der Waals surface area contributed by atoms with Crippen LogP contribution in [-0.4, -0.2) is 41.5 Å². The second-order valence-corrected chi connectivity index (χ2v) is 7.73. The van der Waals surface area contributed by atoms with Crippen LogP contribution in [0.25, 0.3) is 0 Å². The second kappa shape index (κ2) is 7.07. The van der Waals surface area contributed by atoms with Gasteiger partial charge in [-0.2, -0.15) is 0 Å². The molecule has 0 spiro atoms. The minimum atomic E-state index is -0.452. The molecule has 1 atom stereocenters. The first-order chi connectivity index (χ1) is 12.6. The van der Waals surface area contributed by atoms with Crippen LogP contribution < -0.4 is 10.2 Å². The van der Waals surface area contributed by atoms with E-state index in [1.54, 1.807) is 11.9 Å². The molecule has 1 aliphatic carbocycles. The first kappa shape index (κ1) is 17.0. The Kier molecular flexibility index (Phi) is 4.63. The molecule has 2 heterocycles. The van der Waals surface area contributed by atoms with Crippen molar-refractivity contribution in [3.05, 3.63) is 41.4 Å². The van der Waals surface area contributed by atoms with Crippen LogP contribution in [-0.2, 0) is 4.79 Å². The Morgan fingerprint density at radius 2 is 2.04 bits per heavy atom. The van der Waals surface area contributed by atoms with Gasteiger partial charge < -0.3 is 9.80 Å². The average molecular weight is 370 g/mol. The van der Waals surface area contributed by atoms with E-state index >= 15 is 0 Å². The fourth-order valence-electron chi connectivity index (χ4n) is 3.31. The highest BCUT2D eigenvalue weighted by Crippen LogP contribution is 2.40. The van der Waals surface area contributed by atoms with E-state index in [2.05, 4.69) is 10.3 Å². The lowest BCUT2D eigenvalue weighted by atomic mass is 10.0. The summed E-state index contributed by atoms with van der Waals surface area (Å²) in [4.78, 5) is 33.3. The maximum atomic E-state index is 12.9. The van der Waals surface area contributed by atoms with Crippen molar-refractivity contribution in [3.63, 3.8) is 0 Å². The quantitative estimate of drug-likeness (QED) is 0.893.